The molecular weight excluding hydrogens is 482 g/mol. The lowest BCUT2D eigenvalue weighted by molar-refractivity contribution is -0.127. The first-order valence-corrected chi connectivity index (χ1v) is 13.6. The van der Waals surface area contributed by atoms with Gasteiger partial charge >= 0.3 is 0 Å². The second-order valence-corrected chi connectivity index (χ2v) is 10.4. The summed E-state index contributed by atoms with van der Waals surface area (Å²) < 4.78 is 5.31. The number of nitrogens with zero attached hydrogens (tertiary/aromatic N) is 2. The van der Waals surface area contributed by atoms with Crippen LogP contribution in [-0.2, 0) is 11.3 Å². The largest absolute Gasteiger partial charge is 0.497 e. The lowest BCUT2D eigenvalue weighted by Crippen LogP contribution is -2.46. The molecule has 1 aliphatic rings. The van der Waals surface area contributed by atoms with Gasteiger partial charge in [-0.2, -0.15) is 0 Å². The minimum Gasteiger partial charge on any atom is -0.497 e. The van der Waals surface area contributed by atoms with Crippen molar-refractivity contribution in [2.45, 2.75) is 50.7 Å². The van der Waals surface area contributed by atoms with E-state index in [9.17, 15) is 9.59 Å². The van der Waals surface area contributed by atoms with Gasteiger partial charge in [-0.25, -0.2) is 0 Å². The molecule has 0 unspecified atom stereocenters. The van der Waals surface area contributed by atoms with Crippen molar-refractivity contribution in [3.63, 3.8) is 0 Å². The van der Waals surface area contributed by atoms with Gasteiger partial charge in [0.15, 0.2) is 0 Å². The van der Waals surface area contributed by atoms with Gasteiger partial charge in [-0.05, 0) is 65.7 Å². The Morgan fingerprint density at radius 3 is 2.59 bits per heavy atom. The van der Waals surface area contributed by atoms with Gasteiger partial charge in [0, 0.05) is 24.2 Å². The SMILES string of the molecule is COc1ccc(CN(C(=O)c2cccs2)[C@H](C(=O)NC2CCCCC2)c2ccc3ncccc3c2)cc1. The minimum atomic E-state index is -0.789. The number of pyridine rings is 1. The molecular formula is C30H31N3O3S. The lowest BCUT2D eigenvalue weighted by atomic mass is 9.94. The molecule has 2 aromatic carbocycles. The van der Waals surface area contributed by atoms with Crippen molar-refractivity contribution in [2.75, 3.05) is 7.11 Å². The molecule has 0 saturated heterocycles. The fourth-order valence-electron chi connectivity index (χ4n) is 5.01. The van der Waals surface area contributed by atoms with Gasteiger partial charge in [0.25, 0.3) is 5.91 Å². The molecule has 1 fully saturated rings. The Hall–Kier alpha value is -3.71. The van der Waals surface area contributed by atoms with Crippen molar-refractivity contribution >= 4 is 34.1 Å². The molecule has 1 aliphatic carbocycles. The summed E-state index contributed by atoms with van der Waals surface area (Å²) in [5.74, 6) is 0.433. The maximum absolute atomic E-state index is 14.0. The van der Waals surface area contributed by atoms with Crippen molar-refractivity contribution in [1.29, 1.82) is 0 Å². The number of fused-ring (bicyclic) bond motifs is 1. The van der Waals surface area contributed by atoms with E-state index in [4.69, 9.17) is 4.74 Å². The Morgan fingerprint density at radius 2 is 1.86 bits per heavy atom. The highest BCUT2D eigenvalue weighted by atomic mass is 32.1. The molecule has 4 aromatic rings. The molecule has 5 rings (SSSR count). The van der Waals surface area contributed by atoms with Gasteiger partial charge in [0.2, 0.25) is 5.91 Å². The molecule has 2 aromatic heterocycles. The van der Waals surface area contributed by atoms with Crippen LogP contribution in [0.5, 0.6) is 5.75 Å². The number of aromatic nitrogens is 1. The van der Waals surface area contributed by atoms with Gasteiger partial charge in [0.1, 0.15) is 11.8 Å². The van der Waals surface area contributed by atoms with E-state index in [0.717, 1.165) is 53.5 Å². The number of hydrogen-bond donors (Lipinski definition) is 1. The number of hydrogen-bond acceptors (Lipinski definition) is 5. The summed E-state index contributed by atoms with van der Waals surface area (Å²) in [4.78, 5) is 34.7. The van der Waals surface area contributed by atoms with Crippen LogP contribution in [0.15, 0.2) is 78.3 Å². The molecule has 190 valence electrons. The van der Waals surface area contributed by atoms with Gasteiger partial charge in [-0.1, -0.05) is 49.6 Å². The number of rotatable bonds is 8. The summed E-state index contributed by atoms with van der Waals surface area (Å²) in [6.07, 6.45) is 7.12. The van der Waals surface area contributed by atoms with Gasteiger partial charge in [-0.15, -0.1) is 11.3 Å². The first-order valence-electron chi connectivity index (χ1n) is 12.7. The summed E-state index contributed by atoms with van der Waals surface area (Å²) in [6, 6.07) is 20.3. The highest BCUT2D eigenvalue weighted by Gasteiger charge is 2.34. The highest BCUT2D eigenvalue weighted by Crippen LogP contribution is 2.30. The smallest absolute Gasteiger partial charge is 0.265 e. The number of thiophene rings is 1. The molecule has 1 atom stereocenters. The molecule has 0 spiro atoms. The van der Waals surface area contributed by atoms with Crippen LogP contribution in [0.2, 0.25) is 0 Å². The number of benzene rings is 2. The van der Waals surface area contributed by atoms with Crippen LogP contribution < -0.4 is 10.1 Å². The quantitative estimate of drug-likeness (QED) is 0.307. The Bertz CT molecular complexity index is 1350. The molecule has 0 radical (unpaired) electrons. The van der Waals surface area contributed by atoms with E-state index in [1.165, 1.54) is 17.8 Å². The minimum absolute atomic E-state index is 0.130. The molecule has 2 heterocycles. The molecule has 0 aliphatic heterocycles. The number of carbonyl (C=O) groups excluding carboxylic acids is 2. The van der Waals surface area contributed by atoms with Crippen LogP contribution in [0.3, 0.4) is 0 Å². The molecule has 1 N–H and O–H groups in total. The third kappa shape index (κ3) is 5.83. The maximum Gasteiger partial charge on any atom is 0.265 e. The number of carbonyl (C=O) groups is 2. The van der Waals surface area contributed by atoms with Crippen LogP contribution in [-0.4, -0.2) is 34.8 Å². The second-order valence-electron chi connectivity index (χ2n) is 9.46. The number of amides is 2. The normalized spacial score (nSPS) is 14.7. The molecule has 37 heavy (non-hydrogen) atoms. The molecule has 2 amide bonds. The summed E-state index contributed by atoms with van der Waals surface area (Å²) in [6.45, 7) is 0.286. The Kier molecular flexibility index (Phi) is 7.80. The first kappa shape index (κ1) is 25.0. The standard InChI is InChI=1S/C30H31N3O3S/c1-36-25-14-11-21(12-15-25)20-33(30(35)27-10-6-18-37-27)28(29(34)32-24-8-3-2-4-9-24)23-13-16-26-22(19-23)7-5-17-31-26/h5-7,10-19,24,28H,2-4,8-9,20H2,1H3,(H,32,34)/t28-/m0/s1. The Balaban J connectivity index is 1.56. The van der Waals surface area contributed by atoms with E-state index in [2.05, 4.69) is 10.3 Å². The Labute approximate surface area is 221 Å². The molecule has 7 heteroatoms. The fourth-order valence-corrected chi connectivity index (χ4v) is 5.69. The average Bonchev–Trinajstić information content (AvgIpc) is 3.48. The zero-order chi connectivity index (χ0) is 25.6. The topological polar surface area (TPSA) is 71.5 Å². The van der Waals surface area contributed by atoms with Gasteiger partial charge < -0.3 is 15.0 Å². The number of methoxy groups -OCH3 is 1. The maximum atomic E-state index is 14.0. The monoisotopic (exact) mass is 513 g/mol. The van der Waals surface area contributed by atoms with Crippen LogP contribution in [0.25, 0.3) is 10.9 Å². The van der Waals surface area contributed by atoms with E-state index in [0.29, 0.717) is 4.88 Å². The van der Waals surface area contributed by atoms with Crippen molar-refractivity contribution in [1.82, 2.24) is 15.2 Å². The lowest BCUT2D eigenvalue weighted by Gasteiger charge is -2.33. The second kappa shape index (κ2) is 11.6. The molecule has 0 bridgehead atoms. The van der Waals surface area contributed by atoms with Crippen LogP contribution >= 0.6 is 11.3 Å². The number of nitrogens with one attached hydrogen (secondary N) is 1. The highest BCUT2D eigenvalue weighted by molar-refractivity contribution is 7.12. The van der Waals surface area contributed by atoms with Crippen molar-refractivity contribution in [3.05, 3.63) is 94.3 Å². The fraction of sp³-hybridized carbons (Fsp3) is 0.300. The molecule has 6 nitrogen and oxygen atoms in total. The zero-order valence-corrected chi connectivity index (χ0v) is 21.7. The summed E-state index contributed by atoms with van der Waals surface area (Å²) >= 11 is 1.39. The van der Waals surface area contributed by atoms with E-state index in [-0.39, 0.29) is 24.4 Å². The Morgan fingerprint density at radius 1 is 1.05 bits per heavy atom. The predicted octanol–water partition coefficient (Wildman–Crippen LogP) is 6.14. The number of ether oxygens (including phenoxy) is 1. The first-order chi connectivity index (χ1) is 18.1. The van der Waals surface area contributed by atoms with Crippen molar-refractivity contribution in [2.24, 2.45) is 0 Å². The van der Waals surface area contributed by atoms with E-state index >= 15 is 0 Å². The molecule has 1 saturated carbocycles. The third-order valence-electron chi connectivity index (χ3n) is 6.96. The van der Waals surface area contributed by atoms with Crippen LogP contribution in [0, 0.1) is 0 Å². The van der Waals surface area contributed by atoms with Crippen LogP contribution in [0.1, 0.15) is 58.9 Å². The van der Waals surface area contributed by atoms with Crippen molar-refractivity contribution < 1.29 is 14.3 Å². The van der Waals surface area contributed by atoms with E-state index < -0.39 is 6.04 Å². The predicted molar refractivity (Wildman–Crippen MR) is 147 cm³/mol. The van der Waals surface area contributed by atoms with Gasteiger partial charge in [0.05, 0.1) is 17.5 Å². The van der Waals surface area contributed by atoms with Crippen LogP contribution in [0.4, 0.5) is 0 Å². The van der Waals surface area contributed by atoms with Crippen molar-refractivity contribution in [3.8, 4) is 5.75 Å². The zero-order valence-electron chi connectivity index (χ0n) is 20.9. The summed E-state index contributed by atoms with van der Waals surface area (Å²) in [5.41, 5.74) is 2.54. The summed E-state index contributed by atoms with van der Waals surface area (Å²) in [7, 11) is 1.63. The van der Waals surface area contributed by atoms with E-state index in [1.807, 2.05) is 72.1 Å². The van der Waals surface area contributed by atoms with E-state index in [1.54, 1.807) is 18.2 Å². The average molecular weight is 514 g/mol. The third-order valence-corrected chi connectivity index (χ3v) is 7.82. The van der Waals surface area contributed by atoms with Gasteiger partial charge in [-0.3, -0.25) is 14.6 Å². The summed E-state index contributed by atoms with van der Waals surface area (Å²) in [5, 5.41) is 6.11.